The van der Waals surface area contributed by atoms with Gasteiger partial charge in [0.25, 0.3) is 5.56 Å². The minimum Gasteiger partial charge on any atom is -0.315 e. The molecule has 0 amide bonds. The molecule has 0 aliphatic rings. The number of hydrogen-bond acceptors (Lipinski definition) is 2. The van der Waals surface area contributed by atoms with Crippen LogP contribution < -0.4 is 5.56 Å². The van der Waals surface area contributed by atoms with Crippen LogP contribution in [0, 0.1) is 6.92 Å². The molecule has 0 bridgehead atoms. The molecule has 0 spiro atoms. The molecule has 0 atom stereocenters. The van der Waals surface area contributed by atoms with Crippen molar-refractivity contribution in [2.45, 2.75) is 18.4 Å². The average molecular weight is 245 g/mol. The first kappa shape index (κ1) is 12.0. The molecule has 0 saturated heterocycles. The Labute approximate surface area is 105 Å². The number of thioether (sulfide) groups is 1. The summed E-state index contributed by atoms with van der Waals surface area (Å²) >= 11 is 1.77. The molecule has 2 rings (SSSR count). The summed E-state index contributed by atoms with van der Waals surface area (Å²) in [4.78, 5) is 12.9. The van der Waals surface area contributed by atoms with Gasteiger partial charge in [0.15, 0.2) is 0 Å². The van der Waals surface area contributed by atoms with Crippen LogP contribution in [0.15, 0.2) is 58.4 Å². The van der Waals surface area contributed by atoms with Gasteiger partial charge in [-0.2, -0.15) is 0 Å². The van der Waals surface area contributed by atoms with E-state index in [9.17, 15) is 4.79 Å². The normalized spacial score (nSPS) is 10.4. The summed E-state index contributed by atoms with van der Waals surface area (Å²) in [5, 5.41) is 0. The van der Waals surface area contributed by atoms with E-state index in [4.69, 9.17) is 0 Å². The highest BCUT2D eigenvalue weighted by atomic mass is 32.2. The zero-order valence-corrected chi connectivity index (χ0v) is 10.6. The van der Waals surface area contributed by atoms with E-state index in [2.05, 4.69) is 12.1 Å². The highest BCUT2D eigenvalue weighted by Crippen LogP contribution is 2.16. The minimum atomic E-state index is 0.0821. The van der Waals surface area contributed by atoms with Gasteiger partial charge in [0.1, 0.15) is 0 Å². The van der Waals surface area contributed by atoms with E-state index in [1.165, 1.54) is 4.90 Å². The summed E-state index contributed by atoms with van der Waals surface area (Å²) in [6, 6.07) is 13.9. The van der Waals surface area contributed by atoms with Crippen molar-refractivity contribution >= 4 is 11.8 Å². The van der Waals surface area contributed by atoms with Crippen molar-refractivity contribution in [1.82, 2.24) is 4.57 Å². The molecule has 88 valence electrons. The fourth-order valence-corrected chi connectivity index (χ4v) is 2.44. The monoisotopic (exact) mass is 245 g/mol. The Kier molecular flexibility index (Phi) is 4.04. The maximum Gasteiger partial charge on any atom is 0.250 e. The van der Waals surface area contributed by atoms with E-state index in [0.29, 0.717) is 0 Å². The molecule has 2 nitrogen and oxygen atoms in total. The van der Waals surface area contributed by atoms with Crippen LogP contribution in [0.2, 0.25) is 0 Å². The summed E-state index contributed by atoms with van der Waals surface area (Å²) in [6.45, 7) is 2.68. The number of aryl methyl sites for hydroxylation is 2. The van der Waals surface area contributed by atoms with Gasteiger partial charge in [-0.25, -0.2) is 0 Å². The fourth-order valence-electron chi connectivity index (χ4n) is 1.57. The lowest BCUT2D eigenvalue weighted by Gasteiger charge is -2.05. The smallest absolute Gasteiger partial charge is 0.250 e. The third-order valence-corrected chi connectivity index (χ3v) is 3.49. The zero-order chi connectivity index (χ0) is 12.1. The highest BCUT2D eigenvalue weighted by Gasteiger charge is 1.97. The molecule has 0 unspecified atom stereocenters. The van der Waals surface area contributed by atoms with Crippen LogP contribution in [0.5, 0.6) is 0 Å². The Hall–Kier alpha value is -1.48. The van der Waals surface area contributed by atoms with Crippen LogP contribution in [0.4, 0.5) is 0 Å². The van der Waals surface area contributed by atoms with Crippen LogP contribution in [0.3, 0.4) is 0 Å². The van der Waals surface area contributed by atoms with Gasteiger partial charge < -0.3 is 4.57 Å². The van der Waals surface area contributed by atoms with Crippen molar-refractivity contribution in [2.24, 2.45) is 0 Å². The van der Waals surface area contributed by atoms with E-state index in [0.717, 1.165) is 17.9 Å². The van der Waals surface area contributed by atoms with Crippen LogP contribution in [-0.2, 0) is 6.54 Å². The third-order valence-electron chi connectivity index (χ3n) is 2.50. The fraction of sp³-hybridized carbons (Fsp3) is 0.214. The van der Waals surface area contributed by atoms with E-state index in [-0.39, 0.29) is 5.56 Å². The lowest BCUT2D eigenvalue weighted by molar-refractivity contribution is 0.733. The maximum absolute atomic E-state index is 11.6. The van der Waals surface area contributed by atoms with Gasteiger partial charge in [-0.1, -0.05) is 18.2 Å². The standard InChI is InChI=1S/C14H15NOS/c1-12-7-8-15(14(16)11-12)9-10-17-13-5-3-2-4-6-13/h2-8,11H,9-10H2,1H3. The van der Waals surface area contributed by atoms with Gasteiger partial charge in [0.2, 0.25) is 0 Å². The second kappa shape index (κ2) is 5.73. The summed E-state index contributed by atoms with van der Waals surface area (Å²) in [7, 11) is 0. The molecule has 17 heavy (non-hydrogen) atoms. The van der Waals surface area contributed by atoms with Crippen LogP contribution >= 0.6 is 11.8 Å². The van der Waals surface area contributed by atoms with Crippen molar-refractivity contribution < 1.29 is 0 Å². The molecule has 0 N–H and O–H groups in total. The average Bonchev–Trinajstić information content (AvgIpc) is 2.33. The van der Waals surface area contributed by atoms with Gasteiger partial charge in [-0.3, -0.25) is 4.79 Å². The predicted octanol–water partition coefficient (Wildman–Crippen LogP) is 2.95. The van der Waals surface area contributed by atoms with Crippen molar-refractivity contribution in [3.05, 3.63) is 64.6 Å². The van der Waals surface area contributed by atoms with E-state index < -0.39 is 0 Å². The quantitative estimate of drug-likeness (QED) is 0.773. The van der Waals surface area contributed by atoms with Gasteiger partial charge in [-0.15, -0.1) is 11.8 Å². The number of rotatable bonds is 4. The Balaban J connectivity index is 1.93. The Bertz CT molecular complexity index is 533. The molecule has 2 aromatic rings. The first-order chi connectivity index (χ1) is 8.25. The summed E-state index contributed by atoms with van der Waals surface area (Å²) in [5.74, 6) is 0.910. The van der Waals surface area contributed by atoms with Crippen LogP contribution in [0.1, 0.15) is 5.56 Å². The third kappa shape index (κ3) is 3.49. The topological polar surface area (TPSA) is 22.0 Å². The molecular weight excluding hydrogens is 230 g/mol. The predicted molar refractivity (Wildman–Crippen MR) is 72.6 cm³/mol. The lowest BCUT2D eigenvalue weighted by Crippen LogP contribution is -2.19. The first-order valence-corrected chi connectivity index (χ1v) is 6.59. The second-order valence-electron chi connectivity index (χ2n) is 3.90. The molecule has 0 aliphatic heterocycles. The van der Waals surface area contributed by atoms with Crippen molar-refractivity contribution in [2.75, 3.05) is 5.75 Å². The Morgan fingerprint density at radius 2 is 1.94 bits per heavy atom. The van der Waals surface area contributed by atoms with E-state index in [1.807, 2.05) is 37.4 Å². The molecule has 1 heterocycles. The molecule has 3 heteroatoms. The van der Waals surface area contributed by atoms with Gasteiger partial charge >= 0.3 is 0 Å². The van der Waals surface area contributed by atoms with Crippen LogP contribution in [-0.4, -0.2) is 10.3 Å². The molecule has 1 aromatic heterocycles. The molecule has 0 saturated carbocycles. The van der Waals surface area contributed by atoms with Crippen molar-refractivity contribution in [3.63, 3.8) is 0 Å². The van der Waals surface area contributed by atoms with E-state index in [1.54, 1.807) is 22.4 Å². The second-order valence-corrected chi connectivity index (χ2v) is 5.07. The molecule has 0 fully saturated rings. The van der Waals surface area contributed by atoms with Gasteiger partial charge in [0, 0.05) is 29.5 Å². The Morgan fingerprint density at radius 3 is 2.65 bits per heavy atom. The highest BCUT2D eigenvalue weighted by molar-refractivity contribution is 7.99. The molecular formula is C14H15NOS. The lowest BCUT2D eigenvalue weighted by atomic mass is 10.3. The van der Waals surface area contributed by atoms with Crippen molar-refractivity contribution in [3.8, 4) is 0 Å². The number of nitrogens with zero attached hydrogens (tertiary/aromatic N) is 1. The molecule has 0 aliphatic carbocycles. The first-order valence-electron chi connectivity index (χ1n) is 5.60. The molecule has 1 aromatic carbocycles. The van der Waals surface area contributed by atoms with E-state index >= 15 is 0 Å². The van der Waals surface area contributed by atoms with Crippen molar-refractivity contribution in [1.29, 1.82) is 0 Å². The number of pyridine rings is 1. The summed E-state index contributed by atoms with van der Waals surface area (Å²) in [6.07, 6.45) is 1.86. The summed E-state index contributed by atoms with van der Waals surface area (Å²) in [5.41, 5.74) is 1.10. The minimum absolute atomic E-state index is 0.0821. The maximum atomic E-state index is 11.6. The number of aromatic nitrogens is 1. The zero-order valence-electron chi connectivity index (χ0n) is 9.80. The summed E-state index contributed by atoms with van der Waals surface area (Å²) < 4.78 is 1.75. The Morgan fingerprint density at radius 1 is 1.18 bits per heavy atom. The van der Waals surface area contributed by atoms with Gasteiger partial charge in [-0.05, 0) is 30.7 Å². The molecule has 0 radical (unpaired) electrons. The van der Waals surface area contributed by atoms with Gasteiger partial charge in [0.05, 0.1) is 0 Å². The van der Waals surface area contributed by atoms with Crippen LogP contribution in [0.25, 0.3) is 0 Å². The SMILES string of the molecule is Cc1ccn(CCSc2ccccc2)c(=O)c1. The number of hydrogen-bond donors (Lipinski definition) is 0. The largest absolute Gasteiger partial charge is 0.315 e. The number of benzene rings is 1.